The fraction of sp³-hybridized carbons (Fsp3) is 1.00. The SMILES string of the molecule is CCC(O)C1CC(N)CN(C(CC)C2CCC2)C1. The Balaban J connectivity index is 1.97. The first kappa shape index (κ1) is 14.3. The molecule has 1 heterocycles. The number of aliphatic hydroxyl groups is 1. The van der Waals surface area contributed by atoms with Gasteiger partial charge in [-0.3, -0.25) is 4.90 Å². The van der Waals surface area contributed by atoms with Gasteiger partial charge >= 0.3 is 0 Å². The molecule has 3 nitrogen and oxygen atoms in total. The number of hydrogen-bond donors (Lipinski definition) is 2. The fourth-order valence-electron chi connectivity index (χ4n) is 3.81. The van der Waals surface area contributed by atoms with Gasteiger partial charge in [-0.1, -0.05) is 20.3 Å². The number of nitrogens with two attached hydrogens (primary N) is 1. The summed E-state index contributed by atoms with van der Waals surface area (Å²) in [5.74, 6) is 1.27. The molecule has 3 N–H and O–H groups in total. The summed E-state index contributed by atoms with van der Waals surface area (Å²) in [6.07, 6.45) is 7.10. The summed E-state index contributed by atoms with van der Waals surface area (Å²) >= 11 is 0. The van der Waals surface area contributed by atoms with Gasteiger partial charge in [0.2, 0.25) is 0 Å². The average molecular weight is 254 g/mol. The zero-order valence-electron chi connectivity index (χ0n) is 12.0. The van der Waals surface area contributed by atoms with Crippen molar-refractivity contribution < 1.29 is 5.11 Å². The molecule has 0 aromatic rings. The molecule has 1 aliphatic heterocycles. The highest BCUT2D eigenvalue weighted by atomic mass is 16.3. The van der Waals surface area contributed by atoms with Crippen LogP contribution in [0.25, 0.3) is 0 Å². The molecule has 106 valence electrons. The lowest BCUT2D eigenvalue weighted by atomic mass is 9.76. The van der Waals surface area contributed by atoms with Gasteiger partial charge in [-0.15, -0.1) is 0 Å². The second kappa shape index (κ2) is 6.36. The lowest BCUT2D eigenvalue weighted by Gasteiger charge is -2.46. The van der Waals surface area contributed by atoms with Gasteiger partial charge in [-0.2, -0.15) is 0 Å². The van der Waals surface area contributed by atoms with Crippen LogP contribution in [0.15, 0.2) is 0 Å². The number of aliphatic hydroxyl groups excluding tert-OH is 1. The second-order valence-corrected chi connectivity index (χ2v) is 6.35. The Kier molecular flexibility index (Phi) is 5.05. The summed E-state index contributed by atoms with van der Waals surface area (Å²) in [5.41, 5.74) is 6.21. The molecule has 18 heavy (non-hydrogen) atoms. The summed E-state index contributed by atoms with van der Waals surface area (Å²) in [5, 5.41) is 10.1. The second-order valence-electron chi connectivity index (χ2n) is 6.35. The van der Waals surface area contributed by atoms with Crippen LogP contribution in [-0.2, 0) is 0 Å². The summed E-state index contributed by atoms with van der Waals surface area (Å²) in [4.78, 5) is 2.58. The van der Waals surface area contributed by atoms with Crippen LogP contribution < -0.4 is 5.73 Å². The lowest BCUT2D eigenvalue weighted by molar-refractivity contribution is 0.000287. The number of nitrogens with zero attached hydrogens (tertiary/aromatic N) is 1. The fourth-order valence-corrected chi connectivity index (χ4v) is 3.81. The molecule has 0 aromatic carbocycles. The van der Waals surface area contributed by atoms with Crippen molar-refractivity contribution in [3.05, 3.63) is 0 Å². The van der Waals surface area contributed by atoms with Crippen LogP contribution in [-0.4, -0.2) is 41.3 Å². The molecular weight excluding hydrogens is 224 g/mol. The molecule has 1 saturated heterocycles. The monoisotopic (exact) mass is 254 g/mol. The van der Waals surface area contributed by atoms with Gasteiger partial charge in [0.15, 0.2) is 0 Å². The predicted molar refractivity (Wildman–Crippen MR) is 75.4 cm³/mol. The van der Waals surface area contributed by atoms with E-state index in [0.29, 0.717) is 12.0 Å². The van der Waals surface area contributed by atoms with Gasteiger partial charge in [-0.25, -0.2) is 0 Å². The minimum atomic E-state index is -0.169. The van der Waals surface area contributed by atoms with E-state index in [4.69, 9.17) is 5.73 Å². The van der Waals surface area contributed by atoms with Crippen LogP contribution in [0.5, 0.6) is 0 Å². The van der Waals surface area contributed by atoms with Crippen molar-refractivity contribution in [1.82, 2.24) is 4.90 Å². The number of likely N-dealkylation sites (tertiary alicyclic amines) is 1. The highest BCUT2D eigenvalue weighted by Crippen LogP contribution is 2.35. The maximum Gasteiger partial charge on any atom is 0.0578 e. The molecule has 4 atom stereocenters. The van der Waals surface area contributed by atoms with E-state index in [2.05, 4.69) is 18.7 Å². The van der Waals surface area contributed by atoms with Crippen LogP contribution >= 0.6 is 0 Å². The largest absolute Gasteiger partial charge is 0.393 e. The normalized spacial score (nSPS) is 34.0. The van der Waals surface area contributed by atoms with E-state index in [1.807, 2.05) is 0 Å². The zero-order valence-corrected chi connectivity index (χ0v) is 12.0. The van der Waals surface area contributed by atoms with E-state index >= 15 is 0 Å². The molecule has 0 aromatic heterocycles. The first-order valence-electron chi connectivity index (χ1n) is 7.83. The van der Waals surface area contributed by atoms with Gasteiger partial charge in [0, 0.05) is 25.2 Å². The Morgan fingerprint density at radius 1 is 1.17 bits per heavy atom. The average Bonchev–Trinajstić information content (AvgIpc) is 2.31. The van der Waals surface area contributed by atoms with E-state index in [0.717, 1.165) is 31.8 Å². The molecule has 3 heteroatoms. The quantitative estimate of drug-likeness (QED) is 0.789. The standard InChI is InChI=1S/C15H30N2O/c1-3-14(11-6-5-7-11)17-9-12(15(18)4-2)8-13(16)10-17/h11-15,18H,3-10,16H2,1-2H3. The van der Waals surface area contributed by atoms with Gasteiger partial charge in [-0.05, 0) is 43.9 Å². The Bertz CT molecular complexity index is 255. The third kappa shape index (κ3) is 3.06. The van der Waals surface area contributed by atoms with Gasteiger partial charge in [0.25, 0.3) is 0 Å². The number of rotatable bonds is 5. The maximum absolute atomic E-state index is 10.1. The van der Waals surface area contributed by atoms with Crippen molar-refractivity contribution >= 4 is 0 Å². The highest BCUT2D eigenvalue weighted by molar-refractivity contribution is 4.91. The Labute approximate surface area is 112 Å². The molecule has 0 bridgehead atoms. The Hall–Kier alpha value is -0.120. The van der Waals surface area contributed by atoms with Crippen molar-refractivity contribution in [2.75, 3.05) is 13.1 Å². The van der Waals surface area contributed by atoms with E-state index in [1.165, 1.54) is 25.7 Å². The van der Waals surface area contributed by atoms with Gasteiger partial charge in [0.1, 0.15) is 0 Å². The first-order valence-corrected chi connectivity index (χ1v) is 7.83. The summed E-state index contributed by atoms with van der Waals surface area (Å²) in [7, 11) is 0. The molecule has 4 unspecified atom stereocenters. The molecule has 2 aliphatic rings. The van der Waals surface area contributed by atoms with Crippen LogP contribution in [0.1, 0.15) is 52.4 Å². The molecule has 1 aliphatic carbocycles. The number of piperidine rings is 1. The number of hydrogen-bond acceptors (Lipinski definition) is 3. The van der Waals surface area contributed by atoms with Crippen molar-refractivity contribution in [2.45, 2.75) is 70.6 Å². The molecule has 1 saturated carbocycles. The van der Waals surface area contributed by atoms with Crippen LogP contribution in [0, 0.1) is 11.8 Å². The lowest BCUT2D eigenvalue weighted by Crippen LogP contribution is -2.55. The minimum Gasteiger partial charge on any atom is -0.393 e. The molecule has 0 amide bonds. The van der Waals surface area contributed by atoms with Crippen molar-refractivity contribution in [2.24, 2.45) is 17.6 Å². The molecule has 0 spiro atoms. The van der Waals surface area contributed by atoms with Crippen LogP contribution in [0.4, 0.5) is 0 Å². The predicted octanol–water partition coefficient (Wildman–Crippen LogP) is 1.99. The summed E-state index contributed by atoms with van der Waals surface area (Å²) < 4.78 is 0. The minimum absolute atomic E-state index is 0.169. The van der Waals surface area contributed by atoms with Crippen LogP contribution in [0.3, 0.4) is 0 Å². The first-order chi connectivity index (χ1) is 8.65. The molecule has 2 rings (SSSR count). The highest BCUT2D eigenvalue weighted by Gasteiger charge is 2.36. The maximum atomic E-state index is 10.1. The third-order valence-corrected chi connectivity index (χ3v) is 5.09. The molecular formula is C15H30N2O. The summed E-state index contributed by atoms with van der Waals surface area (Å²) in [6.45, 7) is 6.45. The topological polar surface area (TPSA) is 49.5 Å². The zero-order chi connectivity index (χ0) is 13.1. The van der Waals surface area contributed by atoms with Crippen molar-refractivity contribution in [3.63, 3.8) is 0 Å². The van der Waals surface area contributed by atoms with Crippen molar-refractivity contribution in [3.8, 4) is 0 Å². The van der Waals surface area contributed by atoms with Gasteiger partial charge in [0.05, 0.1) is 6.10 Å². The Morgan fingerprint density at radius 2 is 1.89 bits per heavy atom. The van der Waals surface area contributed by atoms with E-state index < -0.39 is 0 Å². The smallest absolute Gasteiger partial charge is 0.0578 e. The van der Waals surface area contributed by atoms with E-state index in [9.17, 15) is 5.11 Å². The molecule has 0 radical (unpaired) electrons. The third-order valence-electron chi connectivity index (χ3n) is 5.09. The van der Waals surface area contributed by atoms with Crippen LogP contribution in [0.2, 0.25) is 0 Å². The van der Waals surface area contributed by atoms with E-state index in [-0.39, 0.29) is 12.1 Å². The van der Waals surface area contributed by atoms with Crippen molar-refractivity contribution in [1.29, 1.82) is 0 Å². The summed E-state index contributed by atoms with van der Waals surface area (Å²) in [6, 6.07) is 0.954. The van der Waals surface area contributed by atoms with E-state index in [1.54, 1.807) is 0 Å². The Morgan fingerprint density at radius 3 is 2.39 bits per heavy atom. The molecule has 2 fully saturated rings. The van der Waals surface area contributed by atoms with Gasteiger partial charge < -0.3 is 10.8 Å².